The van der Waals surface area contributed by atoms with E-state index in [1.807, 2.05) is 0 Å². The second kappa shape index (κ2) is 6.87. The first-order chi connectivity index (χ1) is 11.8. The highest BCUT2D eigenvalue weighted by molar-refractivity contribution is 7.92. The number of halogens is 1. The Kier molecular flexibility index (Phi) is 4.80. The van der Waals surface area contributed by atoms with Crippen LogP contribution < -0.4 is 10.0 Å². The van der Waals surface area contributed by atoms with Gasteiger partial charge in [-0.15, -0.1) is 11.3 Å². The predicted octanol–water partition coefficient (Wildman–Crippen LogP) is 3.75. The number of nitrogens with zero attached hydrogens (tertiary/aromatic N) is 1. The van der Waals surface area contributed by atoms with E-state index in [1.54, 1.807) is 31.2 Å². The molecular formula is C15H12ClN3O4S2. The van der Waals surface area contributed by atoms with Gasteiger partial charge in [-0.25, -0.2) is 8.42 Å². The Bertz CT molecular complexity index is 1030. The van der Waals surface area contributed by atoms with E-state index >= 15 is 0 Å². The number of anilines is 2. The van der Waals surface area contributed by atoms with Crippen molar-refractivity contribution >= 4 is 50.4 Å². The van der Waals surface area contributed by atoms with Crippen molar-refractivity contribution < 1.29 is 17.7 Å². The molecule has 0 atom stereocenters. The minimum atomic E-state index is -3.82. The highest BCUT2D eigenvalue weighted by atomic mass is 35.5. The Labute approximate surface area is 152 Å². The molecular weight excluding hydrogens is 386 g/mol. The lowest BCUT2D eigenvalue weighted by molar-refractivity contribution is 0.102. The van der Waals surface area contributed by atoms with Gasteiger partial charge in [0.25, 0.3) is 15.9 Å². The zero-order valence-corrected chi connectivity index (χ0v) is 15.2. The number of aromatic nitrogens is 1. The van der Waals surface area contributed by atoms with E-state index in [9.17, 15) is 13.2 Å². The van der Waals surface area contributed by atoms with Crippen molar-refractivity contribution in [2.24, 2.45) is 0 Å². The molecule has 0 saturated carbocycles. The Balaban J connectivity index is 1.76. The quantitative estimate of drug-likeness (QED) is 0.682. The summed E-state index contributed by atoms with van der Waals surface area (Å²) in [5, 5.41) is 7.99. The number of amides is 1. The van der Waals surface area contributed by atoms with E-state index in [2.05, 4.69) is 15.2 Å². The van der Waals surface area contributed by atoms with Crippen molar-refractivity contribution in [1.29, 1.82) is 0 Å². The van der Waals surface area contributed by atoms with Crippen LogP contribution in [0.1, 0.15) is 15.4 Å². The summed E-state index contributed by atoms with van der Waals surface area (Å²) in [4.78, 5) is 12.4. The number of rotatable bonds is 5. The summed E-state index contributed by atoms with van der Waals surface area (Å²) in [6, 6.07) is 9.19. The zero-order valence-electron chi connectivity index (χ0n) is 12.8. The van der Waals surface area contributed by atoms with Gasteiger partial charge in [0.2, 0.25) is 0 Å². The van der Waals surface area contributed by atoms with Gasteiger partial charge in [-0.05, 0) is 31.2 Å². The van der Waals surface area contributed by atoms with Crippen molar-refractivity contribution in [3.05, 3.63) is 57.4 Å². The molecule has 10 heteroatoms. The zero-order chi connectivity index (χ0) is 18.0. The summed E-state index contributed by atoms with van der Waals surface area (Å²) < 4.78 is 32.1. The summed E-state index contributed by atoms with van der Waals surface area (Å²) in [6.07, 6.45) is 0. The van der Waals surface area contributed by atoms with Gasteiger partial charge < -0.3 is 9.84 Å². The molecule has 25 heavy (non-hydrogen) atoms. The molecule has 0 aliphatic carbocycles. The average molecular weight is 398 g/mol. The first-order valence-corrected chi connectivity index (χ1v) is 9.69. The third-order valence-electron chi connectivity index (χ3n) is 3.06. The third-order valence-corrected chi connectivity index (χ3v) is 5.73. The Morgan fingerprint density at radius 2 is 2.08 bits per heavy atom. The number of carbonyl (C=O) groups excluding carboxylic acids is 1. The van der Waals surface area contributed by atoms with Gasteiger partial charge in [-0.1, -0.05) is 22.8 Å². The van der Waals surface area contributed by atoms with E-state index in [-0.39, 0.29) is 15.6 Å². The fourth-order valence-corrected chi connectivity index (χ4v) is 4.36. The second-order valence-electron chi connectivity index (χ2n) is 5.04. The van der Waals surface area contributed by atoms with Crippen LogP contribution in [0.25, 0.3) is 0 Å². The predicted molar refractivity (Wildman–Crippen MR) is 95.8 cm³/mol. The number of benzene rings is 1. The molecule has 1 aromatic carbocycles. The van der Waals surface area contributed by atoms with Gasteiger partial charge in [0.05, 0.1) is 15.5 Å². The topological polar surface area (TPSA) is 101 Å². The molecule has 2 aromatic heterocycles. The first kappa shape index (κ1) is 17.5. The van der Waals surface area contributed by atoms with E-state index in [0.29, 0.717) is 16.5 Å². The van der Waals surface area contributed by atoms with Crippen LogP contribution in [-0.2, 0) is 10.0 Å². The lowest BCUT2D eigenvalue weighted by Gasteiger charge is -2.06. The lowest BCUT2D eigenvalue weighted by atomic mass is 10.3. The Morgan fingerprint density at radius 1 is 1.28 bits per heavy atom. The molecule has 2 N–H and O–H groups in total. The van der Waals surface area contributed by atoms with Crippen LogP contribution in [0.4, 0.5) is 11.5 Å². The molecule has 7 nitrogen and oxygen atoms in total. The Morgan fingerprint density at radius 3 is 2.76 bits per heavy atom. The van der Waals surface area contributed by atoms with E-state index in [1.165, 1.54) is 17.5 Å². The van der Waals surface area contributed by atoms with Crippen molar-refractivity contribution in [2.75, 3.05) is 10.0 Å². The van der Waals surface area contributed by atoms with Crippen molar-refractivity contribution in [3.8, 4) is 0 Å². The van der Waals surface area contributed by atoms with Crippen molar-refractivity contribution in [2.45, 2.75) is 11.8 Å². The lowest BCUT2D eigenvalue weighted by Crippen LogP contribution is -2.13. The highest BCUT2D eigenvalue weighted by Crippen LogP contribution is 2.24. The number of carbonyl (C=O) groups is 1. The van der Waals surface area contributed by atoms with Crippen LogP contribution in [-0.4, -0.2) is 19.5 Å². The number of sulfonamides is 1. The minimum absolute atomic E-state index is 0.0149. The molecule has 0 spiro atoms. The van der Waals surface area contributed by atoms with Crippen LogP contribution in [0.3, 0.4) is 0 Å². The Hall–Kier alpha value is -2.36. The molecule has 3 aromatic rings. The molecule has 0 aliphatic heterocycles. The molecule has 0 radical (unpaired) electrons. The van der Waals surface area contributed by atoms with Crippen LogP contribution in [0, 0.1) is 6.92 Å². The SMILES string of the molecule is Cc1cc(NC(=O)c2cc(S(=O)(=O)Nc3cccc(Cl)c3)cs2)no1. The standard InChI is InChI=1S/C15H12ClN3O4S2/c1-9-5-14(18-23-9)17-15(20)13-7-12(8-24-13)25(21,22)19-11-4-2-3-10(16)6-11/h2-8,19H,1H3,(H,17,18,20). The fourth-order valence-electron chi connectivity index (χ4n) is 1.95. The van der Waals surface area contributed by atoms with Gasteiger partial charge in [0.15, 0.2) is 5.82 Å². The highest BCUT2D eigenvalue weighted by Gasteiger charge is 2.19. The molecule has 0 fully saturated rings. The molecule has 0 unspecified atom stereocenters. The van der Waals surface area contributed by atoms with Gasteiger partial charge in [-0.2, -0.15) is 0 Å². The molecule has 0 bridgehead atoms. The fraction of sp³-hybridized carbons (Fsp3) is 0.0667. The van der Waals surface area contributed by atoms with Crippen molar-refractivity contribution in [1.82, 2.24) is 5.16 Å². The number of hydrogen-bond acceptors (Lipinski definition) is 6. The molecule has 0 aliphatic rings. The van der Waals surface area contributed by atoms with E-state index in [0.717, 1.165) is 11.3 Å². The number of thiophene rings is 1. The maximum absolute atomic E-state index is 12.4. The van der Waals surface area contributed by atoms with E-state index in [4.69, 9.17) is 16.1 Å². The molecule has 130 valence electrons. The van der Waals surface area contributed by atoms with Crippen LogP contribution in [0.15, 0.2) is 51.2 Å². The number of nitrogens with one attached hydrogen (secondary N) is 2. The van der Waals surface area contributed by atoms with Gasteiger partial charge >= 0.3 is 0 Å². The summed E-state index contributed by atoms with van der Waals surface area (Å²) in [6.45, 7) is 1.69. The summed E-state index contributed by atoms with van der Waals surface area (Å²) in [7, 11) is -3.82. The summed E-state index contributed by atoms with van der Waals surface area (Å²) >= 11 is 6.85. The molecule has 2 heterocycles. The van der Waals surface area contributed by atoms with Crippen molar-refractivity contribution in [3.63, 3.8) is 0 Å². The maximum Gasteiger partial charge on any atom is 0.267 e. The molecule has 0 saturated heterocycles. The summed E-state index contributed by atoms with van der Waals surface area (Å²) in [5.74, 6) is 0.343. The minimum Gasteiger partial charge on any atom is -0.360 e. The maximum atomic E-state index is 12.4. The second-order valence-corrected chi connectivity index (χ2v) is 8.07. The van der Waals surface area contributed by atoms with Gasteiger partial charge in [0, 0.05) is 16.5 Å². The normalized spacial score (nSPS) is 11.3. The number of hydrogen-bond donors (Lipinski definition) is 2. The van der Waals surface area contributed by atoms with Gasteiger partial charge in [0.1, 0.15) is 5.76 Å². The smallest absolute Gasteiger partial charge is 0.267 e. The van der Waals surface area contributed by atoms with Crippen LogP contribution >= 0.6 is 22.9 Å². The van der Waals surface area contributed by atoms with Gasteiger partial charge in [-0.3, -0.25) is 9.52 Å². The largest absolute Gasteiger partial charge is 0.360 e. The monoisotopic (exact) mass is 397 g/mol. The summed E-state index contributed by atoms with van der Waals surface area (Å²) in [5.41, 5.74) is 0.336. The first-order valence-electron chi connectivity index (χ1n) is 6.95. The average Bonchev–Trinajstić information content (AvgIpc) is 3.16. The number of aryl methyl sites for hydroxylation is 1. The van der Waals surface area contributed by atoms with Crippen LogP contribution in [0.2, 0.25) is 5.02 Å². The molecule has 1 amide bonds. The molecule has 3 rings (SSSR count). The van der Waals surface area contributed by atoms with E-state index < -0.39 is 15.9 Å². The third kappa shape index (κ3) is 4.19. The van der Waals surface area contributed by atoms with Crippen LogP contribution in [0.5, 0.6) is 0 Å².